The normalized spacial score (nSPS) is 10.6. The fraction of sp³-hybridized carbons (Fsp3) is 0.200. The number of aromatic nitrogens is 3. The highest BCUT2D eigenvalue weighted by molar-refractivity contribution is 5.61. The summed E-state index contributed by atoms with van der Waals surface area (Å²) in [6.45, 7) is 0.357. The van der Waals surface area contributed by atoms with Crippen LogP contribution in [0, 0.1) is 5.82 Å². The minimum Gasteiger partial charge on any atom is -0.325 e. The number of nitrogens with two attached hydrogens (primary N) is 1. The number of nitrogens with zero attached hydrogens (tertiary/aromatic N) is 3. The fourth-order valence-electron chi connectivity index (χ4n) is 1.44. The molecule has 0 saturated heterocycles. The third kappa shape index (κ3) is 1.73. The minimum absolute atomic E-state index is 0.267. The zero-order valence-corrected chi connectivity index (χ0v) is 8.31. The Hall–Kier alpha value is -1.75. The Labute approximate surface area is 86.5 Å². The predicted molar refractivity (Wildman–Crippen MR) is 54.3 cm³/mol. The van der Waals surface area contributed by atoms with E-state index in [1.54, 1.807) is 23.9 Å². The number of hydrogen-bond donors (Lipinski definition) is 1. The van der Waals surface area contributed by atoms with Gasteiger partial charge in [0, 0.05) is 19.2 Å². The maximum Gasteiger partial charge on any atom is 0.123 e. The van der Waals surface area contributed by atoms with E-state index in [1.807, 2.05) is 0 Å². The number of rotatable bonds is 2. The van der Waals surface area contributed by atoms with Crippen molar-refractivity contribution in [1.29, 1.82) is 0 Å². The Morgan fingerprint density at radius 3 is 2.60 bits per heavy atom. The highest BCUT2D eigenvalue weighted by atomic mass is 19.1. The van der Waals surface area contributed by atoms with Crippen molar-refractivity contribution in [3.8, 4) is 11.3 Å². The van der Waals surface area contributed by atoms with E-state index in [4.69, 9.17) is 5.73 Å². The minimum atomic E-state index is -0.267. The van der Waals surface area contributed by atoms with E-state index in [0.717, 1.165) is 11.3 Å². The number of halogens is 1. The van der Waals surface area contributed by atoms with Crippen LogP contribution in [0.1, 0.15) is 5.69 Å². The zero-order chi connectivity index (χ0) is 10.8. The highest BCUT2D eigenvalue weighted by Gasteiger charge is 2.10. The molecule has 0 atom stereocenters. The molecule has 1 heterocycles. The second-order valence-corrected chi connectivity index (χ2v) is 3.22. The third-order valence-corrected chi connectivity index (χ3v) is 2.25. The summed E-state index contributed by atoms with van der Waals surface area (Å²) in [5, 5.41) is 7.88. The number of benzene rings is 1. The summed E-state index contributed by atoms with van der Waals surface area (Å²) in [5.74, 6) is -0.267. The van der Waals surface area contributed by atoms with E-state index in [0.29, 0.717) is 12.2 Å². The topological polar surface area (TPSA) is 56.7 Å². The van der Waals surface area contributed by atoms with E-state index >= 15 is 0 Å². The van der Waals surface area contributed by atoms with Gasteiger partial charge >= 0.3 is 0 Å². The Balaban J connectivity index is 2.49. The zero-order valence-electron chi connectivity index (χ0n) is 8.31. The molecule has 0 bridgehead atoms. The Morgan fingerprint density at radius 1 is 1.33 bits per heavy atom. The first-order valence-electron chi connectivity index (χ1n) is 4.57. The lowest BCUT2D eigenvalue weighted by molar-refractivity contribution is 0.628. The monoisotopic (exact) mass is 206 g/mol. The molecule has 0 saturated carbocycles. The van der Waals surface area contributed by atoms with Crippen LogP contribution in [0.25, 0.3) is 11.3 Å². The summed E-state index contributed by atoms with van der Waals surface area (Å²) in [6, 6.07) is 6.12. The van der Waals surface area contributed by atoms with Crippen LogP contribution in [0.3, 0.4) is 0 Å². The standard InChI is InChI=1S/C10H11FN4/c1-15-9(6-12)10(13-14-15)7-2-4-8(11)5-3-7/h2-5H,6,12H2,1H3. The molecule has 0 fully saturated rings. The molecule has 0 aliphatic rings. The molecule has 2 aromatic rings. The summed E-state index contributed by atoms with van der Waals surface area (Å²) < 4.78 is 14.3. The molecule has 1 aromatic heterocycles. The molecule has 0 aliphatic carbocycles. The molecule has 5 heteroatoms. The third-order valence-electron chi connectivity index (χ3n) is 2.25. The Morgan fingerprint density at radius 2 is 2.00 bits per heavy atom. The summed E-state index contributed by atoms with van der Waals surface area (Å²) in [7, 11) is 1.78. The van der Waals surface area contributed by atoms with E-state index in [9.17, 15) is 4.39 Å². The summed E-state index contributed by atoms with van der Waals surface area (Å²) in [4.78, 5) is 0. The molecule has 2 N–H and O–H groups in total. The van der Waals surface area contributed by atoms with Crippen molar-refractivity contribution in [3.63, 3.8) is 0 Å². The van der Waals surface area contributed by atoms with Crippen LogP contribution >= 0.6 is 0 Å². The average Bonchev–Trinajstić information content (AvgIpc) is 2.61. The van der Waals surface area contributed by atoms with Gasteiger partial charge in [0.15, 0.2) is 0 Å². The summed E-state index contributed by atoms with van der Waals surface area (Å²) >= 11 is 0. The van der Waals surface area contributed by atoms with Crippen LogP contribution in [0.4, 0.5) is 4.39 Å². The molecule has 1 aromatic carbocycles. The van der Waals surface area contributed by atoms with Crippen LogP contribution in [0.5, 0.6) is 0 Å². The summed E-state index contributed by atoms with van der Waals surface area (Å²) in [6.07, 6.45) is 0. The first kappa shape index (κ1) is 9.79. The van der Waals surface area contributed by atoms with E-state index < -0.39 is 0 Å². The fourth-order valence-corrected chi connectivity index (χ4v) is 1.44. The van der Waals surface area contributed by atoms with Gasteiger partial charge in [-0.3, -0.25) is 4.68 Å². The van der Waals surface area contributed by atoms with Gasteiger partial charge in [-0.05, 0) is 24.3 Å². The maximum atomic E-state index is 12.7. The van der Waals surface area contributed by atoms with Crippen LogP contribution in [0.15, 0.2) is 24.3 Å². The highest BCUT2D eigenvalue weighted by Crippen LogP contribution is 2.20. The first-order valence-corrected chi connectivity index (χ1v) is 4.57. The molecule has 78 valence electrons. The average molecular weight is 206 g/mol. The van der Waals surface area contributed by atoms with Crippen LogP contribution in [0.2, 0.25) is 0 Å². The van der Waals surface area contributed by atoms with E-state index in [2.05, 4.69) is 10.3 Å². The molecule has 0 spiro atoms. The lowest BCUT2D eigenvalue weighted by Gasteiger charge is -2.00. The molecular weight excluding hydrogens is 195 g/mol. The van der Waals surface area contributed by atoms with Gasteiger partial charge in [-0.2, -0.15) is 0 Å². The van der Waals surface area contributed by atoms with Crippen molar-refractivity contribution >= 4 is 0 Å². The molecule has 0 radical (unpaired) electrons. The Bertz CT molecular complexity index is 461. The molecule has 0 aliphatic heterocycles. The molecule has 15 heavy (non-hydrogen) atoms. The lowest BCUT2D eigenvalue weighted by atomic mass is 10.1. The first-order chi connectivity index (χ1) is 7.22. The maximum absolute atomic E-state index is 12.7. The van der Waals surface area contributed by atoms with Gasteiger partial charge in [0.1, 0.15) is 11.5 Å². The molecule has 4 nitrogen and oxygen atoms in total. The van der Waals surface area contributed by atoms with Crippen molar-refractivity contribution < 1.29 is 4.39 Å². The second kappa shape index (κ2) is 3.78. The van der Waals surface area contributed by atoms with Gasteiger partial charge in [0.2, 0.25) is 0 Å². The van der Waals surface area contributed by atoms with Gasteiger partial charge in [0.05, 0.1) is 5.69 Å². The van der Waals surface area contributed by atoms with E-state index in [1.165, 1.54) is 12.1 Å². The quantitative estimate of drug-likeness (QED) is 0.799. The van der Waals surface area contributed by atoms with Crippen molar-refractivity contribution in [3.05, 3.63) is 35.8 Å². The van der Waals surface area contributed by atoms with E-state index in [-0.39, 0.29) is 5.82 Å². The largest absolute Gasteiger partial charge is 0.325 e. The van der Waals surface area contributed by atoms with Crippen molar-refractivity contribution in [1.82, 2.24) is 15.0 Å². The van der Waals surface area contributed by atoms with Crippen LogP contribution in [-0.2, 0) is 13.6 Å². The SMILES string of the molecule is Cn1nnc(-c2ccc(F)cc2)c1CN. The molecule has 0 unspecified atom stereocenters. The van der Waals surface area contributed by atoms with Gasteiger partial charge in [-0.25, -0.2) is 4.39 Å². The van der Waals surface area contributed by atoms with Crippen LogP contribution in [-0.4, -0.2) is 15.0 Å². The molecule has 2 rings (SSSR count). The summed E-state index contributed by atoms with van der Waals surface area (Å²) in [5.41, 5.74) is 7.96. The number of aryl methyl sites for hydroxylation is 1. The molecule has 0 amide bonds. The second-order valence-electron chi connectivity index (χ2n) is 3.22. The Kier molecular flexibility index (Phi) is 2.47. The van der Waals surface area contributed by atoms with Crippen molar-refractivity contribution in [2.75, 3.05) is 0 Å². The number of hydrogen-bond acceptors (Lipinski definition) is 3. The lowest BCUT2D eigenvalue weighted by Crippen LogP contribution is -2.05. The van der Waals surface area contributed by atoms with Crippen molar-refractivity contribution in [2.45, 2.75) is 6.54 Å². The van der Waals surface area contributed by atoms with Gasteiger partial charge < -0.3 is 5.73 Å². The van der Waals surface area contributed by atoms with Crippen LogP contribution < -0.4 is 5.73 Å². The molecular formula is C10H11FN4. The predicted octanol–water partition coefficient (Wildman–Crippen LogP) is 1.08. The van der Waals surface area contributed by atoms with Gasteiger partial charge in [-0.1, -0.05) is 5.21 Å². The van der Waals surface area contributed by atoms with Gasteiger partial charge in [0.25, 0.3) is 0 Å². The van der Waals surface area contributed by atoms with Crippen molar-refractivity contribution in [2.24, 2.45) is 12.8 Å². The smallest absolute Gasteiger partial charge is 0.123 e. The van der Waals surface area contributed by atoms with Gasteiger partial charge in [-0.15, -0.1) is 5.10 Å².